The minimum absolute atomic E-state index is 0.114. The maximum Gasteiger partial charge on any atom is 0.350 e. The molecule has 31 heavy (non-hydrogen) atoms. The van der Waals surface area contributed by atoms with Gasteiger partial charge in [-0.3, -0.25) is 9.36 Å². The number of nitrogens with one attached hydrogen (secondary N) is 1. The van der Waals surface area contributed by atoms with Crippen molar-refractivity contribution in [2.24, 2.45) is 0 Å². The lowest BCUT2D eigenvalue weighted by Gasteiger charge is -2.21. The zero-order chi connectivity index (χ0) is 21.8. The molecule has 0 saturated heterocycles. The van der Waals surface area contributed by atoms with Crippen molar-refractivity contribution in [1.82, 2.24) is 9.55 Å². The smallest absolute Gasteiger partial charge is 0.329 e. The van der Waals surface area contributed by atoms with E-state index in [-0.39, 0.29) is 12.5 Å². The summed E-state index contributed by atoms with van der Waals surface area (Å²) in [7, 11) is 1.88. The molecule has 0 spiro atoms. The summed E-state index contributed by atoms with van der Waals surface area (Å²) in [4.78, 5) is 31.8. The zero-order valence-electron chi connectivity index (χ0n) is 17.6. The molecule has 0 aliphatic rings. The van der Waals surface area contributed by atoms with Crippen LogP contribution in [0.2, 0.25) is 0 Å². The molecule has 6 heteroatoms. The Morgan fingerprint density at radius 2 is 1.65 bits per heavy atom. The summed E-state index contributed by atoms with van der Waals surface area (Å²) < 4.78 is 1.41. The Hall–Kier alpha value is -3.93. The average molecular weight is 412 g/mol. The van der Waals surface area contributed by atoms with Crippen LogP contribution in [0.1, 0.15) is 12.5 Å². The largest absolute Gasteiger partial charge is 0.350 e. The van der Waals surface area contributed by atoms with E-state index < -0.39 is 5.69 Å². The Kier molecular flexibility index (Phi) is 5.80. The van der Waals surface area contributed by atoms with Gasteiger partial charge in [0.1, 0.15) is 12.4 Å². The molecule has 0 radical (unpaired) electrons. The molecule has 6 nitrogen and oxygen atoms in total. The summed E-state index contributed by atoms with van der Waals surface area (Å²) in [5, 5.41) is 3.66. The van der Waals surface area contributed by atoms with E-state index in [2.05, 4.69) is 17.2 Å². The molecule has 0 atom stereocenters. The highest BCUT2D eigenvalue weighted by molar-refractivity contribution is 5.94. The van der Waals surface area contributed by atoms with E-state index in [9.17, 15) is 9.59 Å². The van der Waals surface area contributed by atoms with Crippen LogP contribution in [0.5, 0.6) is 0 Å². The number of para-hydroxylation sites is 2. The molecule has 0 unspecified atom stereocenters. The van der Waals surface area contributed by atoms with Crippen LogP contribution in [0.4, 0.5) is 17.2 Å². The highest BCUT2D eigenvalue weighted by Crippen LogP contribution is 2.27. The Balaban J connectivity index is 1.66. The standard InChI is InChI=1S/C25H24N4O2/c1-3-18-13-15-19(16-14-18)26-23(30)17-29-22-12-8-7-11-21(22)24(27-25(29)31)28(2)20-9-5-4-6-10-20/h4-16H,3,17H2,1-2H3,(H,26,30). The molecule has 1 heterocycles. The van der Waals surface area contributed by atoms with E-state index in [1.54, 1.807) is 0 Å². The highest BCUT2D eigenvalue weighted by Gasteiger charge is 2.16. The van der Waals surface area contributed by atoms with Crippen molar-refractivity contribution in [3.63, 3.8) is 0 Å². The molecule has 0 bridgehead atoms. The first kappa shape index (κ1) is 20.3. The van der Waals surface area contributed by atoms with Crippen molar-refractivity contribution in [3.05, 3.63) is 94.9 Å². The number of carbonyl (C=O) groups excluding carboxylic acids is 1. The van der Waals surface area contributed by atoms with E-state index >= 15 is 0 Å². The van der Waals surface area contributed by atoms with E-state index in [1.807, 2.05) is 90.8 Å². The number of fused-ring (bicyclic) bond motifs is 1. The third-order valence-electron chi connectivity index (χ3n) is 5.28. The Labute approximate surface area is 180 Å². The summed E-state index contributed by atoms with van der Waals surface area (Å²) in [5.41, 5.74) is 3.02. The van der Waals surface area contributed by atoms with Gasteiger partial charge in [0.15, 0.2) is 0 Å². The van der Waals surface area contributed by atoms with Crippen LogP contribution in [-0.2, 0) is 17.8 Å². The van der Waals surface area contributed by atoms with Gasteiger partial charge in [-0.15, -0.1) is 0 Å². The van der Waals surface area contributed by atoms with Crippen molar-refractivity contribution in [2.45, 2.75) is 19.9 Å². The summed E-state index contributed by atoms with van der Waals surface area (Å²) >= 11 is 0. The monoisotopic (exact) mass is 412 g/mol. The van der Waals surface area contributed by atoms with Gasteiger partial charge in [-0.1, -0.05) is 49.4 Å². The molecule has 4 rings (SSSR count). The van der Waals surface area contributed by atoms with Gasteiger partial charge in [0.05, 0.1) is 5.52 Å². The fraction of sp³-hybridized carbons (Fsp3) is 0.160. The number of carbonyl (C=O) groups is 1. The number of aromatic nitrogens is 2. The summed E-state index contributed by atoms with van der Waals surface area (Å²) in [6, 6.07) is 24.9. The van der Waals surface area contributed by atoms with Gasteiger partial charge in [-0.05, 0) is 48.4 Å². The molecule has 156 valence electrons. The second kappa shape index (κ2) is 8.83. The lowest BCUT2D eigenvalue weighted by atomic mass is 10.1. The SMILES string of the molecule is CCc1ccc(NC(=O)Cn2c(=O)nc(N(C)c3ccccc3)c3ccccc32)cc1. The molecule has 0 aliphatic carbocycles. The van der Waals surface area contributed by atoms with Crippen molar-refractivity contribution in [3.8, 4) is 0 Å². The number of amides is 1. The van der Waals surface area contributed by atoms with E-state index in [0.717, 1.165) is 17.5 Å². The van der Waals surface area contributed by atoms with Crippen LogP contribution in [0.15, 0.2) is 83.7 Å². The quantitative estimate of drug-likeness (QED) is 0.511. The fourth-order valence-electron chi connectivity index (χ4n) is 3.56. The van der Waals surface area contributed by atoms with Crippen molar-refractivity contribution in [2.75, 3.05) is 17.3 Å². The van der Waals surface area contributed by atoms with Crippen LogP contribution < -0.4 is 15.9 Å². The molecule has 0 fully saturated rings. The van der Waals surface area contributed by atoms with Crippen LogP contribution in [0.25, 0.3) is 10.9 Å². The third kappa shape index (κ3) is 4.33. The van der Waals surface area contributed by atoms with Gasteiger partial charge in [0.25, 0.3) is 0 Å². The van der Waals surface area contributed by atoms with Gasteiger partial charge in [0.2, 0.25) is 5.91 Å². The molecular weight excluding hydrogens is 388 g/mol. The van der Waals surface area contributed by atoms with E-state index in [1.165, 1.54) is 10.1 Å². The van der Waals surface area contributed by atoms with E-state index in [0.29, 0.717) is 17.0 Å². The topological polar surface area (TPSA) is 67.2 Å². The predicted molar refractivity (Wildman–Crippen MR) is 125 cm³/mol. The van der Waals surface area contributed by atoms with Gasteiger partial charge in [0, 0.05) is 23.8 Å². The number of aryl methyl sites for hydroxylation is 1. The minimum atomic E-state index is -0.465. The molecule has 0 saturated carbocycles. The van der Waals surface area contributed by atoms with Crippen molar-refractivity contribution >= 4 is 34.0 Å². The van der Waals surface area contributed by atoms with Gasteiger partial charge >= 0.3 is 5.69 Å². The Morgan fingerprint density at radius 1 is 0.968 bits per heavy atom. The highest BCUT2D eigenvalue weighted by atomic mass is 16.2. The number of hydrogen-bond acceptors (Lipinski definition) is 4. The lowest BCUT2D eigenvalue weighted by Crippen LogP contribution is -2.31. The first-order valence-electron chi connectivity index (χ1n) is 10.2. The van der Waals surface area contributed by atoms with Crippen molar-refractivity contribution in [1.29, 1.82) is 0 Å². The van der Waals surface area contributed by atoms with Crippen LogP contribution in [0, 0.1) is 0 Å². The van der Waals surface area contributed by atoms with Crippen LogP contribution in [0.3, 0.4) is 0 Å². The maximum atomic E-state index is 12.9. The molecule has 3 aromatic carbocycles. The Morgan fingerprint density at radius 3 is 2.35 bits per heavy atom. The Bertz CT molecular complexity index is 1260. The number of benzene rings is 3. The number of anilines is 3. The lowest BCUT2D eigenvalue weighted by molar-refractivity contribution is -0.116. The summed E-state index contributed by atoms with van der Waals surface area (Å²) in [6.07, 6.45) is 0.936. The minimum Gasteiger partial charge on any atom is -0.329 e. The van der Waals surface area contributed by atoms with E-state index in [4.69, 9.17) is 0 Å². The molecule has 0 aliphatic heterocycles. The second-order valence-corrected chi connectivity index (χ2v) is 7.31. The van der Waals surface area contributed by atoms with Crippen LogP contribution >= 0.6 is 0 Å². The maximum absolute atomic E-state index is 12.9. The molecular formula is C25H24N4O2. The van der Waals surface area contributed by atoms with Gasteiger partial charge < -0.3 is 10.2 Å². The molecule has 4 aromatic rings. The predicted octanol–water partition coefficient (Wildman–Crippen LogP) is 4.37. The third-order valence-corrected chi connectivity index (χ3v) is 5.28. The summed E-state index contributed by atoms with van der Waals surface area (Å²) in [6.45, 7) is 1.97. The second-order valence-electron chi connectivity index (χ2n) is 7.31. The van der Waals surface area contributed by atoms with Crippen LogP contribution in [-0.4, -0.2) is 22.5 Å². The first-order chi connectivity index (χ1) is 15.1. The van der Waals surface area contributed by atoms with Gasteiger partial charge in [-0.25, -0.2) is 4.79 Å². The average Bonchev–Trinajstić information content (AvgIpc) is 2.81. The fourth-order valence-corrected chi connectivity index (χ4v) is 3.56. The molecule has 1 amide bonds. The molecule has 1 aromatic heterocycles. The van der Waals surface area contributed by atoms with Gasteiger partial charge in [-0.2, -0.15) is 4.98 Å². The summed E-state index contributed by atoms with van der Waals surface area (Å²) in [5.74, 6) is 0.279. The zero-order valence-corrected chi connectivity index (χ0v) is 17.6. The number of rotatable bonds is 6. The van der Waals surface area contributed by atoms with Crippen molar-refractivity contribution < 1.29 is 4.79 Å². The number of hydrogen-bond donors (Lipinski definition) is 1. The first-order valence-corrected chi connectivity index (χ1v) is 10.2. The number of nitrogens with zero attached hydrogens (tertiary/aromatic N) is 3. The molecule has 1 N–H and O–H groups in total. The normalized spacial score (nSPS) is 10.8.